The molecule has 2 atom stereocenters. The molecule has 0 bridgehead atoms. The molecule has 8 nitrogen and oxygen atoms in total. The van der Waals surface area contributed by atoms with Gasteiger partial charge in [-0.25, -0.2) is 4.98 Å². The average Bonchev–Trinajstić information content (AvgIpc) is 3.44. The van der Waals surface area contributed by atoms with Gasteiger partial charge in [-0.15, -0.1) is 0 Å². The van der Waals surface area contributed by atoms with E-state index in [-0.39, 0.29) is 18.1 Å². The van der Waals surface area contributed by atoms with Crippen LogP contribution >= 0.6 is 0 Å². The number of amides is 1. The molecule has 2 unspecified atom stereocenters. The molecule has 1 fully saturated rings. The lowest BCUT2D eigenvalue weighted by molar-refractivity contribution is 0.0371. The van der Waals surface area contributed by atoms with Crippen molar-refractivity contribution in [2.75, 3.05) is 6.54 Å². The number of benzene rings is 2. The molecule has 1 amide bonds. The van der Waals surface area contributed by atoms with Gasteiger partial charge in [-0.1, -0.05) is 42.5 Å². The molecule has 35 heavy (non-hydrogen) atoms. The Balaban J connectivity index is 1.27. The van der Waals surface area contributed by atoms with Crippen molar-refractivity contribution in [1.29, 1.82) is 0 Å². The minimum absolute atomic E-state index is 0.0633. The summed E-state index contributed by atoms with van der Waals surface area (Å²) in [6, 6.07) is 21.1. The summed E-state index contributed by atoms with van der Waals surface area (Å²) in [5, 5.41) is 8.39. The van der Waals surface area contributed by atoms with Crippen molar-refractivity contribution in [2.45, 2.75) is 38.5 Å². The molecule has 1 aliphatic rings. The maximum absolute atomic E-state index is 13.6. The van der Waals surface area contributed by atoms with E-state index in [1.807, 2.05) is 65.6 Å². The molecule has 5 rings (SSSR count). The molecule has 0 radical (unpaired) electrons. The third-order valence-electron chi connectivity index (χ3n) is 6.11. The highest BCUT2D eigenvalue weighted by atomic mass is 16.5. The molecule has 2 aromatic heterocycles. The fourth-order valence-electron chi connectivity index (χ4n) is 4.23. The summed E-state index contributed by atoms with van der Waals surface area (Å²) in [6.07, 6.45) is 6.38. The number of aromatic nitrogens is 4. The minimum Gasteiger partial charge on any atom is -0.489 e. The molecule has 3 heterocycles. The third-order valence-corrected chi connectivity index (χ3v) is 6.11. The summed E-state index contributed by atoms with van der Waals surface area (Å²) in [6.45, 7) is 3.01. The van der Waals surface area contributed by atoms with Gasteiger partial charge in [0, 0.05) is 18.3 Å². The lowest BCUT2D eigenvalue weighted by atomic mass is 9.99. The first kappa shape index (κ1) is 22.6. The largest absolute Gasteiger partial charge is 0.489 e. The van der Waals surface area contributed by atoms with Crippen molar-refractivity contribution in [1.82, 2.24) is 24.9 Å². The molecule has 4 aromatic rings. The molecular weight excluding hydrogens is 442 g/mol. The van der Waals surface area contributed by atoms with Crippen LogP contribution < -0.4 is 9.47 Å². The predicted octanol–water partition coefficient (Wildman–Crippen LogP) is 4.31. The predicted molar refractivity (Wildman–Crippen MR) is 131 cm³/mol. The molecule has 1 aliphatic heterocycles. The monoisotopic (exact) mass is 469 g/mol. The van der Waals surface area contributed by atoms with Crippen LogP contribution in [0.2, 0.25) is 0 Å². The van der Waals surface area contributed by atoms with E-state index in [4.69, 9.17) is 9.47 Å². The van der Waals surface area contributed by atoms with E-state index in [9.17, 15) is 4.79 Å². The Morgan fingerprint density at radius 2 is 1.74 bits per heavy atom. The Morgan fingerprint density at radius 1 is 0.971 bits per heavy atom. The normalized spacial score (nSPS) is 17.7. The minimum atomic E-state index is -0.165. The fourth-order valence-corrected chi connectivity index (χ4v) is 4.23. The standard InChI is InChI=1S/C27H27N5O3/c1-20-11-12-23(35-26-17-22(13-14-28-26)34-19-21-7-3-2-4-8-21)18-31(20)27(33)24-9-5-6-10-25(24)32-29-15-16-30-32/h2-10,13-17,20,23H,11-12,18-19H2,1H3. The number of carbonyl (C=O) groups is 1. The summed E-state index contributed by atoms with van der Waals surface area (Å²) >= 11 is 0. The molecule has 0 aliphatic carbocycles. The van der Waals surface area contributed by atoms with Crippen LogP contribution in [-0.4, -0.2) is 49.5 Å². The lowest BCUT2D eigenvalue weighted by Crippen LogP contribution is -2.49. The third kappa shape index (κ3) is 5.32. The van der Waals surface area contributed by atoms with Gasteiger partial charge >= 0.3 is 0 Å². The maximum atomic E-state index is 13.6. The highest BCUT2D eigenvalue weighted by Gasteiger charge is 2.32. The first-order chi connectivity index (χ1) is 17.2. The summed E-state index contributed by atoms with van der Waals surface area (Å²) in [4.78, 5) is 21.3. The van der Waals surface area contributed by atoms with Crippen molar-refractivity contribution in [3.05, 3.63) is 96.4 Å². The topological polar surface area (TPSA) is 82.4 Å². The Kier molecular flexibility index (Phi) is 6.70. The van der Waals surface area contributed by atoms with E-state index < -0.39 is 0 Å². The second-order valence-electron chi connectivity index (χ2n) is 8.56. The van der Waals surface area contributed by atoms with Crippen LogP contribution in [0.3, 0.4) is 0 Å². The molecule has 1 saturated heterocycles. The number of pyridine rings is 1. The van der Waals surface area contributed by atoms with Crippen LogP contribution in [0.4, 0.5) is 0 Å². The van der Waals surface area contributed by atoms with Crippen molar-refractivity contribution in [3.8, 4) is 17.3 Å². The Morgan fingerprint density at radius 3 is 2.57 bits per heavy atom. The van der Waals surface area contributed by atoms with Gasteiger partial charge in [-0.2, -0.15) is 15.0 Å². The zero-order valence-corrected chi connectivity index (χ0v) is 19.5. The van der Waals surface area contributed by atoms with E-state index in [2.05, 4.69) is 22.1 Å². The number of hydrogen-bond donors (Lipinski definition) is 0. The molecule has 0 spiro atoms. The molecule has 8 heteroatoms. The zero-order chi connectivity index (χ0) is 24.0. The van der Waals surface area contributed by atoms with E-state index in [1.165, 1.54) is 4.80 Å². The number of piperidine rings is 1. The van der Waals surface area contributed by atoms with Gasteiger partial charge in [0.05, 0.1) is 30.2 Å². The van der Waals surface area contributed by atoms with Gasteiger partial charge in [-0.05, 0) is 43.5 Å². The van der Waals surface area contributed by atoms with Gasteiger partial charge in [0.1, 0.15) is 18.5 Å². The lowest BCUT2D eigenvalue weighted by Gasteiger charge is -2.38. The van der Waals surface area contributed by atoms with E-state index in [0.29, 0.717) is 36.0 Å². The quantitative estimate of drug-likeness (QED) is 0.401. The number of hydrogen-bond acceptors (Lipinski definition) is 6. The van der Waals surface area contributed by atoms with Crippen molar-refractivity contribution in [2.24, 2.45) is 0 Å². The van der Waals surface area contributed by atoms with Gasteiger partial charge in [0.25, 0.3) is 5.91 Å². The van der Waals surface area contributed by atoms with Crippen molar-refractivity contribution >= 4 is 5.91 Å². The Labute approximate surface area is 204 Å². The molecule has 0 N–H and O–H groups in total. The number of nitrogens with zero attached hydrogens (tertiary/aromatic N) is 5. The summed E-state index contributed by atoms with van der Waals surface area (Å²) in [5.41, 5.74) is 2.31. The van der Waals surface area contributed by atoms with Crippen molar-refractivity contribution < 1.29 is 14.3 Å². The SMILES string of the molecule is CC1CCC(Oc2cc(OCc3ccccc3)ccn2)CN1C(=O)c1ccccc1-n1nccn1. The van der Waals surface area contributed by atoms with Crippen molar-refractivity contribution in [3.63, 3.8) is 0 Å². The number of ether oxygens (including phenoxy) is 2. The van der Waals surface area contributed by atoms with Crippen LogP contribution in [0.5, 0.6) is 11.6 Å². The number of rotatable bonds is 7. The average molecular weight is 470 g/mol. The highest BCUT2D eigenvalue weighted by molar-refractivity contribution is 5.98. The van der Waals surface area contributed by atoms with Gasteiger partial charge in [0.15, 0.2) is 0 Å². The first-order valence-electron chi connectivity index (χ1n) is 11.7. The van der Waals surface area contributed by atoms with Crippen LogP contribution in [-0.2, 0) is 6.61 Å². The van der Waals surface area contributed by atoms with Crippen LogP contribution in [0.25, 0.3) is 5.69 Å². The van der Waals surface area contributed by atoms with E-state index in [0.717, 1.165) is 18.4 Å². The van der Waals surface area contributed by atoms with E-state index >= 15 is 0 Å². The highest BCUT2D eigenvalue weighted by Crippen LogP contribution is 2.26. The molecule has 2 aromatic carbocycles. The van der Waals surface area contributed by atoms with Gasteiger partial charge < -0.3 is 14.4 Å². The molecule has 178 valence electrons. The smallest absolute Gasteiger partial charge is 0.256 e. The second-order valence-corrected chi connectivity index (χ2v) is 8.56. The van der Waals surface area contributed by atoms with Crippen LogP contribution in [0.1, 0.15) is 35.7 Å². The van der Waals surface area contributed by atoms with Crippen LogP contribution in [0, 0.1) is 0 Å². The summed E-state index contributed by atoms with van der Waals surface area (Å²) in [7, 11) is 0. The molecule has 0 saturated carbocycles. The van der Waals surface area contributed by atoms with E-state index in [1.54, 1.807) is 24.7 Å². The van der Waals surface area contributed by atoms with Gasteiger partial charge in [-0.3, -0.25) is 4.79 Å². The fraction of sp³-hybridized carbons (Fsp3) is 0.259. The zero-order valence-electron chi connectivity index (χ0n) is 19.5. The first-order valence-corrected chi connectivity index (χ1v) is 11.7. The number of likely N-dealkylation sites (tertiary alicyclic amines) is 1. The second kappa shape index (κ2) is 10.4. The summed E-state index contributed by atoms with van der Waals surface area (Å²) in [5.74, 6) is 1.12. The number of para-hydroxylation sites is 1. The van der Waals surface area contributed by atoms with Crippen LogP contribution in [0.15, 0.2) is 85.3 Å². The Bertz CT molecular complexity index is 1260. The number of carbonyl (C=O) groups excluding carboxylic acids is 1. The maximum Gasteiger partial charge on any atom is 0.256 e. The molecular formula is C27H27N5O3. The Hall–Kier alpha value is -4.20. The van der Waals surface area contributed by atoms with Gasteiger partial charge in [0.2, 0.25) is 5.88 Å². The summed E-state index contributed by atoms with van der Waals surface area (Å²) < 4.78 is 12.1.